The lowest BCUT2D eigenvalue weighted by Crippen LogP contribution is -2.13. The first-order valence-corrected chi connectivity index (χ1v) is 5.41. The van der Waals surface area contributed by atoms with Crippen LogP contribution in [-0.4, -0.2) is 18.7 Å². The Kier molecular flexibility index (Phi) is 3.49. The van der Waals surface area contributed by atoms with Crippen molar-refractivity contribution in [1.29, 1.82) is 0 Å². The maximum absolute atomic E-state index is 6.14. The van der Waals surface area contributed by atoms with Crippen LogP contribution in [0.4, 0.5) is 0 Å². The fourth-order valence-corrected chi connectivity index (χ4v) is 1.85. The molecule has 0 aliphatic heterocycles. The predicted octanol–water partition coefficient (Wildman–Crippen LogP) is 2.27. The van der Waals surface area contributed by atoms with E-state index in [1.165, 1.54) is 0 Å². The number of nitrogens with zero attached hydrogens (tertiary/aromatic N) is 1. The minimum absolute atomic E-state index is 0.00727. The van der Waals surface area contributed by atoms with E-state index in [1.807, 2.05) is 18.2 Å². The van der Waals surface area contributed by atoms with Crippen LogP contribution in [-0.2, 0) is 4.74 Å². The molecule has 1 unspecified atom stereocenters. The van der Waals surface area contributed by atoms with Gasteiger partial charge in [-0.3, -0.25) is 4.98 Å². The van der Waals surface area contributed by atoms with Gasteiger partial charge < -0.3 is 10.5 Å². The third kappa shape index (κ3) is 2.21. The molecule has 0 saturated carbocycles. The van der Waals surface area contributed by atoms with Crippen LogP contribution in [0, 0.1) is 0 Å². The van der Waals surface area contributed by atoms with Gasteiger partial charge in [0, 0.05) is 31.3 Å². The van der Waals surface area contributed by atoms with Crippen LogP contribution in [0.1, 0.15) is 18.0 Å². The van der Waals surface area contributed by atoms with E-state index in [1.54, 1.807) is 13.3 Å². The molecule has 3 heteroatoms. The number of fused-ring (bicyclic) bond motifs is 1. The van der Waals surface area contributed by atoms with Crippen molar-refractivity contribution < 1.29 is 4.74 Å². The summed E-state index contributed by atoms with van der Waals surface area (Å²) in [5, 5.41) is 1.13. The highest BCUT2D eigenvalue weighted by molar-refractivity contribution is 5.82. The van der Waals surface area contributed by atoms with Gasteiger partial charge >= 0.3 is 0 Å². The third-order valence-corrected chi connectivity index (χ3v) is 2.71. The van der Waals surface area contributed by atoms with Crippen LogP contribution in [0.2, 0.25) is 0 Å². The zero-order valence-corrected chi connectivity index (χ0v) is 9.39. The minimum atomic E-state index is 0.00727. The van der Waals surface area contributed by atoms with Gasteiger partial charge in [0.25, 0.3) is 0 Å². The molecule has 1 heterocycles. The van der Waals surface area contributed by atoms with E-state index in [4.69, 9.17) is 10.5 Å². The Bertz CT molecular complexity index is 465. The highest BCUT2D eigenvalue weighted by Gasteiger charge is 2.09. The summed E-state index contributed by atoms with van der Waals surface area (Å²) in [4.78, 5) is 4.32. The van der Waals surface area contributed by atoms with Crippen molar-refractivity contribution in [2.75, 3.05) is 13.7 Å². The predicted molar refractivity (Wildman–Crippen MR) is 65.2 cm³/mol. The maximum Gasteiger partial charge on any atom is 0.0705 e. The lowest BCUT2D eigenvalue weighted by molar-refractivity contribution is 0.188. The summed E-state index contributed by atoms with van der Waals surface area (Å²) < 4.78 is 5.05. The number of hydrogen-bond acceptors (Lipinski definition) is 3. The van der Waals surface area contributed by atoms with Gasteiger partial charge in [0.05, 0.1) is 5.52 Å². The number of rotatable bonds is 4. The first-order valence-electron chi connectivity index (χ1n) is 5.41. The van der Waals surface area contributed by atoms with Gasteiger partial charge in [0.1, 0.15) is 0 Å². The van der Waals surface area contributed by atoms with Crippen molar-refractivity contribution in [2.45, 2.75) is 12.5 Å². The fraction of sp³-hybridized carbons (Fsp3) is 0.308. The van der Waals surface area contributed by atoms with E-state index in [-0.39, 0.29) is 6.04 Å². The lowest BCUT2D eigenvalue weighted by Gasteiger charge is -2.13. The first kappa shape index (κ1) is 11.0. The number of ether oxygens (including phenoxy) is 1. The molecule has 2 rings (SSSR count). The van der Waals surface area contributed by atoms with Crippen molar-refractivity contribution >= 4 is 10.9 Å². The second kappa shape index (κ2) is 5.05. The third-order valence-electron chi connectivity index (χ3n) is 2.71. The van der Waals surface area contributed by atoms with E-state index in [9.17, 15) is 0 Å². The minimum Gasteiger partial charge on any atom is -0.385 e. The van der Waals surface area contributed by atoms with Crippen molar-refractivity contribution in [3.05, 3.63) is 42.1 Å². The van der Waals surface area contributed by atoms with Gasteiger partial charge in [-0.2, -0.15) is 0 Å². The van der Waals surface area contributed by atoms with Gasteiger partial charge in [-0.25, -0.2) is 0 Å². The van der Waals surface area contributed by atoms with Crippen LogP contribution in [0.3, 0.4) is 0 Å². The Balaban J connectivity index is 2.36. The lowest BCUT2D eigenvalue weighted by atomic mass is 10.00. The molecular formula is C13H16N2O. The topological polar surface area (TPSA) is 48.1 Å². The Morgan fingerprint density at radius 2 is 2.19 bits per heavy atom. The molecule has 1 aromatic heterocycles. The second-order valence-electron chi connectivity index (χ2n) is 3.81. The van der Waals surface area contributed by atoms with Gasteiger partial charge in [-0.15, -0.1) is 0 Å². The van der Waals surface area contributed by atoms with Crippen molar-refractivity contribution in [1.82, 2.24) is 4.98 Å². The van der Waals surface area contributed by atoms with E-state index >= 15 is 0 Å². The Labute approximate surface area is 95.2 Å². The van der Waals surface area contributed by atoms with Crippen LogP contribution in [0.15, 0.2) is 36.5 Å². The fourth-order valence-electron chi connectivity index (χ4n) is 1.85. The smallest absolute Gasteiger partial charge is 0.0705 e. The summed E-state index contributed by atoms with van der Waals surface area (Å²) >= 11 is 0. The molecule has 0 fully saturated rings. The molecule has 0 aliphatic carbocycles. The van der Waals surface area contributed by atoms with Crippen molar-refractivity contribution in [3.8, 4) is 0 Å². The quantitative estimate of drug-likeness (QED) is 0.852. The summed E-state index contributed by atoms with van der Waals surface area (Å²) in [5.41, 5.74) is 8.27. The number of pyridine rings is 1. The van der Waals surface area contributed by atoms with Crippen LogP contribution < -0.4 is 5.73 Å². The number of nitrogens with two attached hydrogens (primary N) is 1. The number of benzene rings is 1. The average Bonchev–Trinajstić information content (AvgIpc) is 2.35. The molecule has 0 amide bonds. The molecule has 2 aromatic rings. The Morgan fingerprint density at radius 3 is 3.00 bits per heavy atom. The maximum atomic E-state index is 6.14. The summed E-state index contributed by atoms with van der Waals surface area (Å²) in [6, 6.07) is 10.1. The molecule has 0 radical (unpaired) electrons. The molecular weight excluding hydrogens is 200 g/mol. The Morgan fingerprint density at radius 1 is 1.31 bits per heavy atom. The van der Waals surface area contributed by atoms with E-state index in [2.05, 4.69) is 17.1 Å². The summed E-state index contributed by atoms with van der Waals surface area (Å²) in [6.07, 6.45) is 2.62. The normalized spacial score (nSPS) is 12.9. The van der Waals surface area contributed by atoms with Crippen molar-refractivity contribution in [2.24, 2.45) is 5.73 Å². The van der Waals surface area contributed by atoms with Crippen molar-refractivity contribution in [3.63, 3.8) is 0 Å². The molecule has 2 N–H and O–H groups in total. The number of methoxy groups -OCH3 is 1. The molecule has 0 saturated heterocycles. The van der Waals surface area contributed by atoms with E-state index < -0.39 is 0 Å². The molecule has 1 aromatic carbocycles. The number of aromatic nitrogens is 1. The molecule has 1 atom stereocenters. The highest BCUT2D eigenvalue weighted by Crippen LogP contribution is 2.23. The van der Waals surface area contributed by atoms with Gasteiger partial charge in [-0.1, -0.05) is 18.2 Å². The second-order valence-corrected chi connectivity index (χ2v) is 3.81. The SMILES string of the molecule is COCCC(N)c1cccc2ncccc12. The molecule has 0 bridgehead atoms. The van der Waals surface area contributed by atoms with Gasteiger partial charge in [0.15, 0.2) is 0 Å². The summed E-state index contributed by atoms with van der Waals surface area (Å²) in [7, 11) is 1.69. The molecule has 84 valence electrons. The van der Waals surface area contributed by atoms with Crippen LogP contribution in [0.25, 0.3) is 10.9 Å². The van der Waals surface area contributed by atoms with E-state index in [0.29, 0.717) is 6.61 Å². The van der Waals surface area contributed by atoms with Gasteiger partial charge in [-0.05, 0) is 24.1 Å². The van der Waals surface area contributed by atoms with Gasteiger partial charge in [0.2, 0.25) is 0 Å². The molecule has 0 spiro atoms. The molecule has 16 heavy (non-hydrogen) atoms. The Hall–Kier alpha value is -1.45. The monoisotopic (exact) mass is 216 g/mol. The molecule has 0 aliphatic rings. The largest absolute Gasteiger partial charge is 0.385 e. The zero-order valence-electron chi connectivity index (χ0n) is 9.39. The zero-order chi connectivity index (χ0) is 11.4. The average molecular weight is 216 g/mol. The van der Waals surface area contributed by atoms with E-state index in [0.717, 1.165) is 22.9 Å². The first-order chi connectivity index (χ1) is 7.83. The van der Waals surface area contributed by atoms with Crippen LogP contribution >= 0.6 is 0 Å². The molecule has 3 nitrogen and oxygen atoms in total. The summed E-state index contributed by atoms with van der Waals surface area (Å²) in [6.45, 7) is 0.678. The highest BCUT2D eigenvalue weighted by atomic mass is 16.5. The number of hydrogen-bond donors (Lipinski definition) is 1. The van der Waals surface area contributed by atoms with Crippen LogP contribution in [0.5, 0.6) is 0 Å². The summed E-state index contributed by atoms with van der Waals surface area (Å²) in [5.74, 6) is 0. The standard InChI is InChI=1S/C13H16N2O/c1-16-9-7-12(14)10-4-2-6-13-11(10)5-3-8-15-13/h2-6,8,12H,7,9,14H2,1H3.